The fraction of sp³-hybridized carbons (Fsp3) is 0.438. The Kier molecular flexibility index (Phi) is 4.79. The average Bonchev–Trinajstić information content (AvgIpc) is 2.86. The van der Waals surface area contributed by atoms with Crippen LogP contribution in [-0.4, -0.2) is 21.8 Å². The molecule has 0 saturated carbocycles. The van der Waals surface area contributed by atoms with Gasteiger partial charge in [0.2, 0.25) is 0 Å². The zero-order valence-electron chi connectivity index (χ0n) is 12.3. The minimum absolute atomic E-state index is 0.493. The first kappa shape index (κ1) is 14.6. The van der Waals surface area contributed by atoms with Crippen LogP contribution < -0.4 is 4.74 Å². The van der Waals surface area contributed by atoms with Gasteiger partial charge in [-0.15, -0.1) is 0 Å². The molecule has 1 N–H and O–H groups in total. The van der Waals surface area contributed by atoms with Gasteiger partial charge in [0.25, 0.3) is 0 Å². The number of nitrogens with zero attached hydrogens (tertiary/aromatic N) is 2. The molecule has 1 atom stereocenters. The number of methoxy groups -OCH3 is 1. The molecule has 0 aliphatic rings. The van der Waals surface area contributed by atoms with Gasteiger partial charge in [0, 0.05) is 30.9 Å². The minimum Gasteiger partial charge on any atom is -0.496 e. The third-order valence-electron chi connectivity index (χ3n) is 3.39. The number of aliphatic hydroxyl groups excluding tert-OH is 1. The van der Waals surface area contributed by atoms with Crippen LogP contribution in [0.4, 0.5) is 0 Å². The summed E-state index contributed by atoms with van der Waals surface area (Å²) in [6, 6.07) is 5.84. The molecule has 2 rings (SSSR count). The summed E-state index contributed by atoms with van der Waals surface area (Å²) in [4.78, 5) is 4.34. The number of aliphatic hydroxyl groups is 1. The summed E-state index contributed by atoms with van der Waals surface area (Å²) in [7, 11) is 1.62. The Labute approximate surface area is 120 Å². The Bertz CT molecular complexity index is 563. The summed E-state index contributed by atoms with van der Waals surface area (Å²) in [6.45, 7) is 5.06. The SMILES string of the molecule is CCCn1ccnc1CC(O)c1cc(C)ccc1OC. The van der Waals surface area contributed by atoms with Gasteiger partial charge < -0.3 is 14.4 Å². The predicted octanol–water partition coefficient (Wildman–Crippen LogP) is 2.89. The molecule has 0 amide bonds. The Morgan fingerprint density at radius 2 is 2.20 bits per heavy atom. The molecule has 0 aliphatic carbocycles. The molecule has 1 heterocycles. The van der Waals surface area contributed by atoms with Crippen molar-refractivity contribution in [2.75, 3.05) is 7.11 Å². The van der Waals surface area contributed by atoms with Crippen molar-refractivity contribution in [3.8, 4) is 5.75 Å². The molecular formula is C16H22N2O2. The number of imidazole rings is 1. The lowest BCUT2D eigenvalue weighted by molar-refractivity contribution is 0.170. The Morgan fingerprint density at radius 3 is 2.90 bits per heavy atom. The molecular weight excluding hydrogens is 252 g/mol. The van der Waals surface area contributed by atoms with Crippen molar-refractivity contribution in [3.05, 3.63) is 47.5 Å². The molecule has 0 fully saturated rings. The molecule has 108 valence electrons. The van der Waals surface area contributed by atoms with Crippen molar-refractivity contribution >= 4 is 0 Å². The molecule has 4 heteroatoms. The summed E-state index contributed by atoms with van der Waals surface area (Å²) in [5, 5.41) is 10.5. The second-order valence-corrected chi connectivity index (χ2v) is 5.00. The van der Waals surface area contributed by atoms with Gasteiger partial charge >= 0.3 is 0 Å². The normalized spacial score (nSPS) is 12.4. The van der Waals surface area contributed by atoms with E-state index in [0.717, 1.165) is 35.7 Å². The summed E-state index contributed by atoms with van der Waals surface area (Å²) >= 11 is 0. The standard InChI is InChI=1S/C16H22N2O2/c1-4-8-18-9-7-17-16(18)11-14(19)13-10-12(2)5-6-15(13)20-3/h5-7,9-10,14,19H,4,8,11H2,1-3H3. The second-order valence-electron chi connectivity index (χ2n) is 5.00. The molecule has 0 aliphatic heterocycles. The topological polar surface area (TPSA) is 47.3 Å². The van der Waals surface area contributed by atoms with Crippen molar-refractivity contribution in [1.82, 2.24) is 9.55 Å². The number of aryl methyl sites for hydroxylation is 2. The van der Waals surface area contributed by atoms with Crippen LogP contribution in [0, 0.1) is 6.92 Å². The van der Waals surface area contributed by atoms with Crippen LogP contribution in [-0.2, 0) is 13.0 Å². The number of hydrogen-bond acceptors (Lipinski definition) is 3. The lowest BCUT2D eigenvalue weighted by Crippen LogP contribution is -2.10. The highest BCUT2D eigenvalue weighted by molar-refractivity contribution is 5.38. The molecule has 0 bridgehead atoms. The second kappa shape index (κ2) is 6.57. The van der Waals surface area contributed by atoms with Crippen LogP contribution in [0.2, 0.25) is 0 Å². The van der Waals surface area contributed by atoms with Crippen LogP contribution in [0.5, 0.6) is 5.75 Å². The minimum atomic E-state index is -0.608. The van der Waals surface area contributed by atoms with Crippen LogP contribution in [0.15, 0.2) is 30.6 Å². The van der Waals surface area contributed by atoms with Crippen LogP contribution in [0.25, 0.3) is 0 Å². The fourth-order valence-electron chi connectivity index (χ4n) is 2.37. The zero-order valence-corrected chi connectivity index (χ0v) is 12.3. The van der Waals surface area contributed by atoms with Crippen molar-refractivity contribution in [1.29, 1.82) is 0 Å². The van der Waals surface area contributed by atoms with E-state index in [0.29, 0.717) is 6.42 Å². The average molecular weight is 274 g/mol. The predicted molar refractivity (Wildman–Crippen MR) is 78.9 cm³/mol. The van der Waals surface area contributed by atoms with E-state index in [2.05, 4.69) is 16.5 Å². The third kappa shape index (κ3) is 3.20. The van der Waals surface area contributed by atoms with Crippen molar-refractivity contribution in [3.63, 3.8) is 0 Å². The molecule has 1 aromatic carbocycles. The van der Waals surface area contributed by atoms with E-state index in [1.807, 2.05) is 31.3 Å². The first-order valence-corrected chi connectivity index (χ1v) is 6.98. The zero-order chi connectivity index (χ0) is 14.5. The van der Waals surface area contributed by atoms with E-state index in [-0.39, 0.29) is 0 Å². The first-order chi connectivity index (χ1) is 9.65. The maximum absolute atomic E-state index is 10.5. The van der Waals surface area contributed by atoms with Crippen molar-refractivity contribution in [2.45, 2.75) is 39.3 Å². The number of aromatic nitrogens is 2. The van der Waals surface area contributed by atoms with E-state index in [1.165, 1.54) is 0 Å². The van der Waals surface area contributed by atoms with Gasteiger partial charge in [-0.3, -0.25) is 0 Å². The van der Waals surface area contributed by atoms with Gasteiger partial charge in [0.05, 0.1) is 13.2 Å². The van der Waals surface area contributed by atoms with Crippen molar-refractivity contribution < 1.29 is 9.84 Å². The lowest BCUT2D eigenvalue weighted by Gasteiger charge is -2.16. The fourth-order valence-corrected chi connectivity index (χ4v) is 2.37. The van der Waals surface area contributed by atoms with Gasteiger partial charge in [-0.05, 0) is 25.5 Å². The molecule has 0 radical (unpaired) electrons. The van der Waals surface area contributed by atoms with Gasteiger partial charge in [-0.2, -0.15) is 0 Å². The smallest absolute Gasteiger partial charge is 0.124 e. The van der Waals surface area contributed by atoms with Crippen LogP contribution in [0.3, 0.4) is 0 Å². The summed E-state index contributed by atoms with van der Waals surface area (Å²) in [5.74, 6) is 1.62. The Hall–Kier alpha value is -1.81. The van der Waals surface area contributed by atoms with Crippen LogP contribution >= 0.6 is 0 Å². The number of rotatable bonds is 6. The maximum atomic E-state index is 10.5. The Morgan fingerprint density at radius 1 is 1.40 bits per heavy atom. The van der Waals surface area contributed by atoms with E-state index in [1.54, 1.807) is 13.3 Å². The lowest BCUT2D eigenvalue weighted by atomic mass is 10.0. The molecule has 2 aromatic rings. The number of hydrogen-bond donors (Lipinski definition) is 1. The summed E-state index contributed by atoms with van der Waals surface area (Å²) < 4.78 is 7.42. The van der Waals surface area contributed by atoms with Gasteiger partial charge in [0.15, 0.2) is 0 Å². The Balaban J connectivity index is 2.21. The maximum Gasteiger partial charge on any atom is 0.124 e. The number of ether oxygens (including phenoxy) is 1. The summed E-state index contributed by atoms with van der Waals surface area (Å²) in [5.41, 5.74) is 1.93. The molecule has 1 aromatic heterocycles. The quantitative estimate of drug-likeness (QED) is 0.881. The highest BCUT2D eigenvalue weighted by atomic mass is 16.5. The van der Waals surface area contributed by atoms with Crippen LogP contribution in [0.1, 0.15) is 36.4 Å². The van der Waals surface area contributed by atoms with E-state index in [4.69, 9.17) is 4.74 Å². The highest BCUT2D eigenvalue weighted by Crippen LogP contribution is 2.28. The molecule has 20 heavy (non-hydrogen) atoms. The van der Waals surface area contributed by atoms with Gasteiger partial charge in [-0.25, -0.2) is 4.98 Å². The van der Waals surface area contributed by atoms with Crippen molar-refractivity contribution in [2.24, 2.45) is 0 Å². The molecule has 0 saturated heterocycles. The van der Waals surface area contributed by atoms with Gasteiger partial charge in [0.1, 0.15) is 11.6 Å². The van der Waals surface area contributed by atoms with E-state index >= 15 is 0 Å². The summed E-state index contributed by atoms with van der Waals surface area (Å²) in [6.07, 6.45) is 4.67. The first-order valence-electron chi connectivity index (χ1n) is 6.98. The number of benzene rings is 1. The highest BCUT2D eigenvalue weighted by Gasteiger charge is 2.16. The monoisotopic (exact) mass is 274 g/mol. The van der Waals surface area contributed by atoms with E-state index < -0.39 is 6.10 Å². The third-order valence-corrected chi connectivity index (χ3v) is 3.39. The molecule has 0 spiro atoms. The molecule has 4 nitrogen and oxygen atoms in total. The van der Waals surface area contributed by atoms with E-state index in [9.17, 15) is 5.11 Å². The van der Waals surface area contributed by atoms with Gasteiger partial charge in [-0.1, -0.05) is 18.6 Å². The largest absolute Gasteiger partial charge is 0.496 e. The molecule has 1 unspecified atom stereocenters.